The van der Waals surface area contributed by atoms with Crippen LogP contribution in [0.5, 0.6) is 0 Å². The number of carbonyl (C=O) groups excluding carboxylic acids is 2. The molecule has 0 bridgehead atoms. The van der Waals surface area contributed by atoms with E-state index in [1.54, 1.807) is 24.3 Å². The van der Waals surface area contributed by atoms with Crippen molar-refractivity contribution < 1.29 is 9.59 Å². The quantitative estimate of drug-likeness (QED) is 0.570. The molecule has 6 nitrogen and oxygen atoms in total. The van der Waals surface area contributed by atoms with E-state index in [1.807, 2.05) is 38.1 Å². The van der Waals surface area contributed by atoms with Gasteiger partial charge in [-0.15, -0.1) is 0 Å². The lowest BCUT2D eigenvalue weighted by molar-refractivity contribution is -0.123. The molecule has 0 saturated carbocycles. The summed E-state index contributed by atoms with van der Waals surface area (Å²) < 4.78 is 0. The van der Waals surface area contributed by atoms with E-state index in [2.05, 4.69) is 20.6 Å². The minimum absolute atomic E-state index is 0.0716. The third-order valence-electron chi connectivity index (χ3n) is 4.45. The van der Waals surface area contributed by atoms with Crippen LogP contribution in [0.4, 0.5) is 0 Å². The van der Waals surface area contributed by atoms with E-state index in [0.717, 1.165) is 16.9 Å². The first-order valence-electron chi connectivity index (χ1n) is 9.22. The molecule has 0 fully saturated rings. The van der Waals surface area contributed by atoms with Crippen LogP contribution in [-0.2, 0) is 11.2 Å². The number of imidazole rings is 1. The van der Waals surface area contributed by atoms with Gasteiger partial charge >= 0.3 is 0 Å². The van der Waals surface area contributed by atoms with Crippen LogP contribution in [0.2, 0.25) is 5.02 Å². The van der Waals surface area contributed by atoms with Gasteiger partial charge in [0.25, 0.3) is 5.91 Å². The number of amides is 2. The van der Waals surface area contributed by atoms with Crippen molar-refractivity contribution in [3.05, 3.63) is 64.9 Å². The first-order chi connectivity index (χ1) is 13.5. The lowest BCUT2D eigenvalue weighted by Crippen LogP contribution is -2.50. The highest BCUT2D eigenvalue weighted by Gasteiger charge is 2.25. The molecular weight excluding hydrogens is 376 g/mol. The van der Waals surface area contributed by atoms with Gasteiger partial charge in [-0.2, -0.15) is 0 Å². The average Bonchev–Trinajstić information content (AvgIpc) is 3.08. The summed E-state index contributed by atoms with van der Waals surface area (Å²) in [4.78, 5) is 32.8. The number of aromatic amines is 1. The van der Waals surface area contributed by atoms with Gasteiger partial charge in [0.1, 0.15) is 11.9 Å². The van der Waals surface area contributed by atoms with Gasteiger partial charge in [-0.05, 0) is 30.2 Å². The number of H-pyrrole nitrogens is 1. The third-order valence-corrected chi connectivity index (χ3v) is 4.78. The van der Waals surface area contributed by atoms with Crippen LogP contribution in [0.1, 0.15) is 30.0 Å². The summed E-state index contributed by atoms with van der Waals surface area (Å²) in [5.41, 5.74) is 2.22. The molecule has 1 unspecified atom stereocenters. The Labute approximate surface area is 168 Å². The lowest BCUT2D eigenvalue weighted by Gasteiger charge is -2.22. The van der Waals surface area contributed by atoms with Crippen molar-refractivity contribution in [2.75, 3.05) is 6.54 Å². The SMILES string of the molecule is CC(C)C(NC(=O)c1ccccc1Cl)C(=O)NCCc1nc2ccccc2[nH]1. The molecule has 1 heterocycles. The average molecular weight is 399 g/mol. The van der Waals surface area contributed by atoms with Gasteiger partial charge in [0.15, 0.2) is 0 Å². The topological polar surface area (TPSA) is 86.9 Å². The molecule has 3 N–H and O–H groups in total. The molecule has 0 aliphatic rings. The van der Waals surface area contributed by atoms with Gasteiger partial charge in [0, 0.05) is 13.0 Å². The number of aromatic nitrogens is 2. The number of rotatable bonds is 7. The zero-order valence-electron chi connectivity index (χ0n) is 15.8. The van der Waals surface area contributed by atoms with Crippen molar-refractivity contribution in [3.8, 4) is 0 Å². The van der Waals surface area contributed by atoms with Crippen LogP contribution < -0.4 is 10.6 Å². The summed E-state index contributed by atoms with van der Waals surface area (Å²) in [6.07, 6.45) is 0.573. The fraction of sp³-hybridized carbons (Fsp3) is 0.286. The summed E-state index contributed by atoms with van der Waals surface area (Å²) in [5.74, 6) is 0.142. The van der Waals surface area contributed by atoms with Crippen LogP contribution in [0.15, 0.2) is 48.5 Å². The van der Waals surface area contributed by atoms with Crippen LogP contribution in [0.25, 0.3) is 11.0 Å². The maximum absolute atomic E-state index is 12.6. The molecule has 7 heteroatoms. The standard InChI is InChI=1S/C21H23ClN4O2/c1-13(2)19(26-20(27)14-7-3-4-8-15(14)22)21(28)23-12-11-18-24-16-9-5-6-10-17(16)25-18/h3-10,13,19H,11-12H2,1-2H3,(H,23,28)(H,24,25)(H,26,27). The number of nitrogens with zero attached hydrogens (tertiary/aromatic N) is 1. The molecule has 1 aromatic heterocycles. The van der Waals surface area contributed by atoms with Gasteiger partial charge in [0.2, 0.25) is 5.91 Å². The van der Waals surface area contributed by atoms with Crippen LogP contribution in [-0.4, -0.2) is 34.4 Å². The Balaban J connectivity index is 1.58. The molecule has 0 aliphatic carbocycles. The minimum Gasteiger partial charge on any atom is -0.354 e. The molecule has 1 atom stereocenters. The summed E-state index contributed by atoms with van der Waals surface area (Å²) in [7, 11) is 0. The number of hydrogen-bond acceptors (Lipinski definition) is 3. The number of nitrogens with one attached hydrogen (secondary N) is 3. The Morgan fingerprint density at radius 1 is 1.11 bits per heavy atom. The monoisotopic (exact) mass is 398 g/mol. The second-order valence-electron chi connectivity index (χ2n) is 6.92. The largest absolute Gasteiger partial charge is 0.354 e. The van der Waals surface area contributed by atoms with E-state index in [0.29, 0.717) is 23.6 Å². The number of benzene rings is 2. The highest BCUT2D eigenvalue weighted by Crippen LogP contribution is 2.15. The number of halogens is 1. The Morgan fingerprint density at radius 3 is 2.54 bits per heavy atom. The van der Waals surface area contributed by atoms with Crippen molar-refractivity contribution in [2.45, 2.75) is 26.3 Å². The van der Waals surface area contributed by atoms with E-state index in [-0.39, 0.29) is 17.7 Å². The predicted octanol–water partition coefficient (Wildman–Crippen LogP) is 3.33. The van der Waals surface area contributed by atoms with Crippen LogP contribution >= 0.6 is 11.6 Å². The fourth-order valence-corrected chi connectivity index (χ4v) is 3.16. The Bertz CT molecular complexity index is 950. The van der Waals surface area contributed by atoms with Gasteiger partial charge in [0.05, 0.1) is 21.6 Å². The number of hydrogen-bond donors (Lipinski definition) is 3. The molecule has 2 aromatic carbocycles. The van der Waals surface area contributed by atoms with Crippen molar-refractivity contribution in [1.29, 1.82) is 0 Å². The maximum Gasteiger partial charge on any atom is 0.253 e. The first-order valence-corrected chi connectivity index (χ1v) is 9.60. The van der Waals surface area contributed by atoms with Crippen molar-refractivity contribution >= 4 is 34.4 Å². The fourth-order valence-electron chi connectivity index (χ4n) is 2.94. The third kappa shape index (κ3) is 4.70. The molecule has 3 aromatic rings. The minimum atomic E-state index is -0.653. The van der Waals surface area contributed by atoms with Gasteiger partial charge in [-0.3, -0.25) is 9.59 Å². The molecule has 0 spiro atoms. The number of para-hydroxylation sites is 2. The first kappa shape index (κ1) is 19.9. The van der Waals surface area contributed by atoms with Gasteiger partial charge in [-0.25, -0.2) is 4.98 Å². The molecule has 28 heavy (non-hydrogen) atoms. The molecule has 146 valence electrons. The summed E-state index contributed by atoms with van der Waals surface area (Å²) in [6, 6.07) is 13.9. The molecule has 0 aliphatic heterocycles. The zero-order chi connectivity index (χ0) is 20.1. The summed E-state index contributed by atoms with van der Waals surface area (Å²) >= 11 is 6.07. The smallest absolute Gasteiger partial charge is 0.253 e. The van der Waals surface area contributed by atoms with Crippen LogP contribution in [0.3, 0.4) is 0 Å². The molecule has 0 radical (unpaired) electrons. The molecular formula is C21H23ClN4O2. The molecule has 2 amide bonds. The predicted molar refractivity (Wildman–Crippen MR) is 110 cm³/mol. The van der Waals surface area contributed by atoms with Crippen molar-refractivity contribution in [1.82, 2.24) is 20.6 Å². The van der Waals surface area contributed by atoms with Crippen molar-refractivity contribution in [2.24, 2.45) is 5.92 Å². The summed E-state index contributed by atoms with van der Waals surface area (Å²) in [6.45, 7) is 4.19. The highest BCUT2D eigenvalue weighted by molar-refractivity contribution is 6.33. The maximum atomic E-state index is 12.6. The lowest BCUT2D eigenvalue weighted by atomic mass is 10.0. The Hall–Kier alpha value is -2.86. The normalized spacial score (nSPS) is 12.1. The molecule has 0 saturated heterocycles. The van der Waals surface area contributed by atoms with E-state index in [1.165, 1.54) is 0 Å². The second-order valence-corrected chi connectivity index (χ2v) is 7.32. The van der Waals surface area contributed by atoms with Crippen LogP contribution in [0, 0.1) is 5.92 Å². The van der Waals surface area contributed by atoms with E-state index < -0.39 is 6.04 Å². The van der Waals surface area contributed by atoms with Gasteiger partial charge < -0.3 is 15.6 Å². The van der Waals surface area contributed by atoms with Crippen molar-refractivity contribution in [3.63, 3.8) is 0 Å². The zero-order valence-corrected chi connectivity index (χ0v) is 16.6. The van der Waals surface area contributed by atoms with Gasteiger partial charge in [-0.1, -0.05) is 49.7 Å². The van der Waals surface area contributed by atoms with E-state index in [4.69, 9.17) is 11.6 Å². The summed E-state index contributed by atoms with van der Waals surface area (Å²) in [5, 5.41) is 6.02. The molecule has 3 rings (SSSR count). The number of carbonyl (C=O) groups is 2. The van der Waals surface area contributed by atoms with E-state index in [9.17, 15) is 9.59 Å². The second kappa shape index (κ2) is 8.89. The van der Waals surface area contributed by atoms with E-state index >= 15 is 0 Å². The Kier molecular flexibility index (Phi) is 6.31. The highest BCUT2D eigenvalue weighted by atomic mass is 35.5. The Morgan fingerprint density at radius 2 is 1.82 bits per heavy atom. The number of fused-ring (bicyclic) bond motifs is 1.